The van der Waals surface area contributed by atoms with Crippen LogP contribution < -0.4 is 0 Å². The number of ether oxygens (including phenoxy) is 3. The van der Waals surface area contributed by atoms with Crippen LogP contribution in [-0.4, -0.2) is 66.5 Å². The minimum Gasteiger partial charge on any atom is -0.462 e. The van der Waals surface area contributed by atoms with Gasteiger partial charge in [-0.05, 0) is 89.9 Å². The fourth-order valence-corrected chi connectivity index (χ4v) is 10.1. The number of carbonyl (C=O) groups excluding carboxylic acids is 3. The molecule has 0 aromatic heterocycles. The third-order valence-corrected chi connectivity index (χ3v) is 15.4. The van der Waals surface area contributed by atoms with Crippen molar-refractivity contribution in [3.05, 3.63) is 60.8 Å². The second-order valence-electron chi connectivity index (χ2n) is 22.3. The van der Waals surface area contributed by atoms with Crippen molar-refractivity contribution in [2.75, 3.05) is 26.4 Å². The molecule has 2 N–H and O–H groups in total. The Hall–Kier alpha value is -2.82. The van der Waals surface area contributed by atoms with Crippen LogP contribution in [0.2, 0.25) is 0 Å². The van der Waals surface area contributed by atoms with E-state index in [1.165, 1.54) is 148 Å². The van der Waals surface area contributed by atoms with Gasteiger partial charge < -0.3 is 24.2 Å². The molecule has 0 aliphatic rings. The Labute approximate surface area is 491 Å². The standard InChI is InChI=1S/C68H123O11P/c1-4-7-10-13-16-19-22-25-28-31-32-35-38-41-44-47-50-53-56-59-68(72)79-65(61-75-66(70)57-54-51-48-45-42-39-36-33-29-26-23-20-17-14-11-8-5-2)63-77-80(73,74)76-62-64(60-69)78-67(71)58-55-52-49-46-43-40-37-34-30-27-24-21-18-15-12-9-6-3/h16,18-19,21,25,27-28,30,32,35,64-65,69H,4-15,17,20,22-24,26,29,31,33-34,36-63H2,1-3H3,(H,73,74)/b19-16-,21-18-,28-25-,30-27-,35-32-. The summed E-state index contributed by atoms with van der Waals surface area (Å²) in [6.07, 6.45) is 70.2. The molecule has 0 aromatic carbocycles. The van der Waals surface area contributed by atoms with Crippen molar-refractivity contribution >= 4 is 25.7 Å². The number of aliphatic hydroxyl groups excluding tert-OH is 1. The van der Waals surface area contributed by atoms with E-state index in [2.05, 4.69) is 81.5 Å². The summed E-state index contributed by atoms with van der Waals surface area (Å²) in [5.74, 6) is -1.47. The van der Waals surface area contributed by atoms with Gasteiger partial charge >= 0.3 is 25.7 Å². The van der Waals surface area contributed by atoms with Gasteiger partial charge in [-0.3, -0.25) is 23.4 Å². The van der Waals surface area contributed by atoms with Gasteiger partial charge in [-0.2, -0.15) is 0 Å². The Morgan fingerprint density at radius 2 is 0.613 bits per heavy atom. The highest BCUT2D eigenvalue weighted by Gasteiger charge is 2.28. The van der Waals surface area contributed by atoms with E-state index in [4.69, 9.17) is 23.3 Å². The first-order valence-electron chi connectivity index (χ1n) is 33.2. The molecule has 11 nitrogen and oxygen atoms in total. The predicted molar refractivity (Wildman–Crippen MR) is 335 cm³/mol. The molecule has 466 valence electrons. The molecule has 0 spiro atoms. The molecule has 3 atom stereocenters. The zero-order valence-electron chi connectivity index (χ0n) is 51.8. The summed E-state index contributed by atoms with van der Waals surface area (Å²) in [6, 6.07) is 0. The Bertz CT molecular complexity index is 1570. The molecule has 0 aliphatic heterocycles. The van der Waals surface area contributed by atoms with Gasteiger partial charge in [0.05, 0.1) is 19.8 Å². The van der Waals surface area contributed by atoms with E-state index in [1.807, 2.05) is 0 Å². The molecular formula is C68H123O11P. The summed E-state index contributed by atoms with van der Waals surface area (Å²) in [4.78, 5) is 48.8. The highest BCUT2D eigenvalue weighted by atomic mass is 31.2. The van der Waals surface area contributed by atoms with Crippen LogP contribution >= 0.6 is 7.82 Å². The minimum absolute atomic E-state index is 0.154. The van der Waals surface area contributed by atoms with Crippen LogP contribution in [-0.2, 0) is 42.2 Å². The van der Waals surface area contributed by atoms with Crippen LogP contribution in [0.5, 0.6) is 0 Å². The first-order chi connectivity index (χ1) is 39.2. The molecule has 0 radical (unpaired) electrons. The van der Waals surface area contributed by atoms with Crippen LogP contribution in [0.4, 0.5) is 0 Å². The molecule has 0 aliphatic carbocycles. The number of carbonyl (C=O) groups is 3. The number of phosphoric ester groups is 1. The summed E-state index contributed by atoms with van der Waals surface area (Å²) >= 11 is 0. The molecule has 0 amide bonds. The van der Waals surface area contributed by atoms with E-state index >= 15 is 0 Å². The number of phosphoric acid groups is 1. The fourth-order valence-electron chi connectivity index (χ4n) is 9.34. The molecule has 80 heavy (non-hydrogen) atoms. The number of allylic oxidation sites excluding steroid dienone is 10. The van der Waals surface area contributed by atoms with E-state index in [1.54, 1.807) is 0 Å². The van der Waals surface area contributed by atoms with E-state index in [0.29, 0.717) is 19.3 Å². The van der Waals surface area contributed by atoms with Crippen molar-refractivity contribution in [3.63, 3.8) is 0 Å². The van der Waals surface area contributed by atoms with Crippen molar-refractivity contribution in [1.29, 1.82) is 0 Å². The van der Waals surface area contributed by atoms with Crippen molar-refractivity contribution in [3.8, 4) is 0 Å². The number of hydrogen-bond acceptors (Lipinski definition) is 10. The lowest BCUT2D eigenvalue weighted by Gasteiger charge is -2.21. The molecule has 3 unspecified atom stereocenters. The Balaban J connectivity index is 4.70. The summed E-state index contributed by atoms with van der Waals surface area (Å²) in [7, 11) is -4.76. The molecular weight excluding hydrogens is 1020 g/mol. The third kappa shape index (κ3) is 59.8. The second kappa shape index (κ2) is 62.2. The summed E-state index contributed by atoms with van der Waals surface area (Å²) in [6.45, 7) is 4.63. The zero-order chi connectivity index (χ0) is 58.3. The van der Waals surface area contributed by atoms with Crippen LogP contribution in [0.3, 0.4) is 0 Å². The van der Waals surface area contributed by atoms with Crippen molar-refractivity contribution < 1.29 is 52.2 Å². The number of rotatable bonds is 62. The van der Waals surface area contributed by atoms with Crippen LogP contribution in [0, 0.1) is 0 Å². The first-order valence-corrected chi connectivity index (χ1v) is 34.7. The smallest absolute Gasteiger partial charge is 0.462 e. The quantitative estimate of drug-likeness (QED) is 0.0197. The van der Waals surface area contributed by atoms with Gasteiger partial charge in [0.1, 0.15) is 12.7 Å². The third-order valence-electron chi connectivity index (χ3n) is 14.4. The van der Waals surface area contributed by atoms with Crippen LogP contribution in [0.15, 0.2) is 60.8 Å². The van der Waals surface area contributed by atoms with E-state index in [0.717, 1.165) is 109 Å². The molecule has 0 fully saturated rings. The summed E-state index contributed by atoms with van der Waals surface area (Å²) in [5, 5.41) is 9.86. The molecule has 0 saturated heterocycles. The van der Waals surface area contributed by atoms with E-state index in [9.17, 15) is 28.9 Å². The lowest BCUT2D eigenvalue weighted by atomic mass is 10.0. The van der Waals surface area contributed by atoms with Gasteiger partial charge in [0.2, 0.25) is 0 Å². The predicted octanol–water partition coefficient (Wildman–Crippen LogP) is 20.3. The maximum absolute atomic E-state index is 13.0. The molecule has 0 heterocycles. The van der Waals surface area contributed by atoms with E-state index < -0.39 is 57.8 Å². The molecule has 0 saturated carbocycles. The van der Waals surface area contributed by atoms with E-state index in [-0.39, 0.29) is 25.9 Å². The van der Waals surface area contributed by atoms with Gasteiger partial charge in [0, 0.05) is 19.3 Å². The van der Waals surface area contributed by atoms with Gasteiger partial charge in [0.25, 0.3) is 0 Å². The van der Waals surface area contributed by atoms with Crippen LogP contribution in [0.25, 0.3) is 0 Å². The second-order valence-corrected chi connectivity index (χ2v) is 23.7. The summed E-state index contributed by atoms with van der Waals surface area (Å²) < 4.78 is 39.7. The van der Waals surface area contributed by atoms with Gasteiger partial charge in [-0.1, -0.05) is 268 Å². The zero-order valence-corrected chi connectivity index (χ0v) is 52.7. The number of esters is 3. The van der Waals surface area contributed by atoms with Gasteiger partial charge in [0.15, 0.2) is 6.10 Å². The monoisotopic (exact) mass is 1150 g/mol. The maximum Gasteiger partial charge on any atom is 0.472 e. The Kier molecular flexibility index (Phi) is 60.0. The Morgan fingerprint density at radius 1 is 0.350 bits per heavy atom. The largest absolute Gasteiger partial charge is 0.472 e. The normalized spacial score (nSPS) is 13.6. The van der Waals surface area contributed by atoms with Gasteiger partial charge in [-0.25, -0.2) is 4.57 Å². The van der Waals surface area contributed by atoms with Crippen molar-refractivity contribution in [1.82, 2.24) is 0 Å². The lowest BCUT2D eigenvalue weighted by Crippen LogP contribution is -2.30. The SMILES string of the molecule is CCCCC/C=C\C/C=C\C/C=C\CCCCCCCCC(=O)OC(COC(=O)CCCCCCCCCCCCCCCCCCC)COP(=O)(O)OCC(CO)OC(=O)CCCCCCCCC/C=C\C/C=C\CCCCC. The highest BCUT2D eigenvalue weighted by molar-refractivity contribution is 7.47. The number of unbranched alkanes of at least 4 members (excludes halogenated alkanes) is 35. The molecule has 0 rings (SSSR count). The number of aliphatic hydroxyl groups is 1. The highest BCUT2D eigenvalue weighted by Crippen LogP contribution is 2.43. The lowest BCUT2D eigenvalue weighted by molar-refractivity contribution is -0.161. The minimum atomic E-state index is -4.76. The fraction of sp³-hybridized carbons (Fsp3) is 0.809. The summed E-state index contributed by atoms with van der Waals surface area (Å²) in [5.41, 5.74) is 0. The van der Waals surface area contributed by atoms with Crippen molar-refractivity contribution in [2.24, 2.45) is 0 Å². The molecule has 0 aromatic rings. The van der Waals surface area contributed by atoms with Crippen LogP contribution in [0.1, 0.15) is 316 Å². The average Bonchev–Trinajstić information content (AvgIpc) is 3.45. The number of hydrogen-bond donors (Lipinski definition) is 2. The molecule has 12 heteroatoms. The average molecular weight is 1150 g/mol. The molecule has 0 bridgehead atoms. The first kappa shape index (κ1) is 77.2. The maximum atomic E-state index is 13.0. The topological polar surface area (TPSA) is 155 Å². The van der Waals surface area contributed by atoms with Gasteiger partial charge in [-0.15, -0.1) is 0 Å². The van der Waals surface area contributed by atoms with Crippen molar-refractivity contribution in [2.45, 2.75) is 328 Å². The Morgan fingerprint density at radius 3 is 0.963 bits per heavy atom.